The van der Waals surface area contributed by atoms with Crippen LogP contribution in [0.4, 0.5) is 0 Å². The number of rotatable bonds is 3. The van der Waals surface area contributed by atoms with Gasteiger partial charge in [0, 0.05) is 18.2 Å². The molecular formula is C9H13NO3. The lowest BCUT2D eigenvalue weighted by Crippen LogP contribution is -2.00. The van der Waals surface area contributed by atoms with Crippen LogP contribution in [0.2, 0.25) is 0 Å². The van der Waals surface area contributed by atoms with Gasteiger partial charge in [0.1, 0.15) is 5.75 Å². The smallest absolute Gasteiger partial charge is 0.164 e. The number of aromatic hydroxyl groups is 1. The van der Waals surface area contributed by atoms with Crippen molar-refractivity contribution in [1.29, 1.82) is 0 Å². The lowest BCUT2D eigenvalue weighted by molar-refractivity contribution is 0.362. The van der Waals surface area contributed by atoms with E-state index in [0.29, 0.717) is 18.0 Å². The van der Waals surface area contributed by atoms with E-state index < -0.39 is 0 Å². The van der Waals surface area contributed by atoms with Crippen molar-refractivity contribution in [2.75, 3.05) is 14.2 Å². The Labute approximate surface area is 76.9 Å². The van der Waals surface area contributed by atoms with Gasteiger partial charge < -0.3 is 20.3 Å². The van der Waals surface area contributed by atoms with E-state index >= 15 is 0 Å². The fourth-order valence-electron chi connectivity index (χ4n) is 1.11. The SMILES string of the molecule is COc1cc(OC)c(CN)cc1O. The van der Waals surface area contributed by atoms with Gasteiger partial charge in [0.15, 0.2) is 11.5 Å². The molecule has 0 bridgehead atoms. The van der Waals surface area contributed by atoms with Crippen LogP contribution in [0.25, 0.3) is 0 Å². The predicted molar refractivity (Wildman–Crippen MR) is 49.1 cm³/mol. The fourth-order valence-corrected chi connectivity index (χ4v) is 1.11. The number of phenolic OH excluding ortho intramolecular Hbond substituents is 1. The van der Waals surface area contributed by atoms with Crippen molar-refractivity contribution in [1.82, 2.24) is 0 Å². The maximum absolute atomic E-state index is 9.41. The van der Waals surface area contributed by atoms with Crippen molar-refractivity contribution in [3.8, 4) is 17.2 Å². The normalized spacial score (nSPS) is 9.77. The lowest BCUT2D eigenvalue weighted by Gasteiger charge is -2.10. The molecule has 13 heavy (non-hydrogen) atoms. The molecule has 0 aromatic heterocycles. The molecule has 4 nitrogen and oxygen atoms in total. The molecule has 0 radical (unpaired) electrons. The first-order chi connectivity index (χ1) is 6.22. The molecule has 0 aliphatic rings. The Kier molecular flexibility index (Phi) is 2.97. The largest absolute Gasteiger partial charge is 0.504 e. The van der Waals surface area contributed by atoms with Crippen LogP contribution in [0.15, 0.2) is 12.1 Å². The van der Waals surface area contributed by atoms with Crippen LogP contribution in [-0.2, 0) is 6.54 Å². The molecule has 0 fully saturated rings. The fraction of sp³-hybridized carbons (Fsp3) is 0.333. The second-order valence-corrected chi connectivity index (χ2v) is 2.54. The lowest BCUT2D eigenvalue weighted by atomic mass is 10.2. The number of ether oxygens (including phenoxy) is 2. The van der Waals surface area contributed by atoms with Crippen LogP contribution in [-0.4, -0.2) is 19.3 Å². The minimum absolute atomic E-state index is 0.0729. The summed E-state index contributed by atoms with van der Waals surface area (Å²) in [5.41, 5.74) is 6.21. The van der Waals surface area contributed by atoms with Gasteiger partial charge in [-0.2, -0.15) is 0 Å². The zero-order valence-corrected chi connectivity index (χ0v) is 7.70. The van der Waals surface area contributed by atoms with E-state index in [2.05, 4.69) is 0 Å². The molecule has 1 aromatic carbocycles. The molecule has 0 amide bonds. The van der Waals surface area contributed by atoms with Gasteiger partial charge in [0.25, 0.3) is 0 Å². The van der Waals surface area contributed by atoms with Crippen molar-refractivity contribution in [2.45, 2.75) is 6.54 Å². The predicted octanol–water partition coefficient (Wildman–Crippen LogP) is 0.868. The molecule has 0 spiro atoms. The molecule has 3 N–H and O–H groups in total. The molecule has 0 atom stereocenters. The zero-order valence-electron chi connectivity index (χ0n) is 7.70. The van der Waals surface area contributed by atoms with E-state index in [9.17, 15) is 5.11 Å². The first-order valence-electron chi connectivity index (χ1n) is 3.86. The highest BCUT2D eigenvalue weighted by Crippen LogP contribution is 2.33. The van der Waals surface area contributed by atoms with Gasteiger partial charge >= 0.3 is 0 Å². The molecule has 72 valence electrons. The minimum atomic E-state index is 0.0729. The zero-order chi connectivity index (χ0) is 9.84. The number of hydrogen-bond donors (Lipinski definition) is 2. The summed E-state index contributed by atoms with van der Waals surface area (Å²) in [6.07, 6.45) is 0. The molecule has 0 saturated carbocycles. The highest BCUT2D eigenvalue weighted by atomic mass is 16.5. The summed E-state index contributed by atoms with van der Waals surface area (Å²) in [6.45, 7) is 0.320. The van der Waals surface area contributed by atoms with E-state index in [-0.39, 0.29) is 5.75 Å². The Morgan fingerprint density at radius 1 is 1.23 bits per heavy atom. The van der Waals surface area contributed by atoms with Gasteiger partial charge in [-0.25, -0.2) is 0 Å². The molecule has 0 saturated heterocycles. The topological polar surface area (TPSA) is 64.7 Å². The van der Waals surface area contributed by atoms with Crippen molar-refractivity contribution in [2.24, 2.45) is 5.73 Å². The van der Waals surface area contributed by atoms with E-state index in [1.54, 1.807) is 13.2 Å². The number of nitrogens with two attached hydrogens (primary N) is 1. The third kappa shape index (κ3) is 1.84. The molecule has 1 rings (SSSR count). The Balaban J connectivity index is 3.18. The Bertz CT molecular complexity index is 299. The average Bonchev–Trinajstić information content (AvgIpc) is 2.17. The van der Waals surface area contributed by atoms with Gasteiger partial charge in [0.05, 0.1) is 14.2 Å². The molecular weight excluding hydrogens is 170 g/mol. The second-order valence-electron chi connectivity index (χ2n) is 2.54. The summed E-state index contributed by atoms with van der Waals surface area (Å²) in [7, 11) is 3.03. The number of methoxy groups -OCH3 is 2. The van der Waals surface area contributed by atoms with Gasteiger partial charge in [-0.3, -0.25) is 0 Å². The third-order valence-electron chi connectivity index (χ3n) is 1.80. The summed E-state index contributed by atoms with van der Waals surface area (Å²) in [4.78, 5) is 0. The van der Waals surface area contributed by atoms with Crippen LogP contribution in [0.3, 0.4) is 0 Å². The summed E-state index contributed by atoms with van der Waals surface area (Å²) < 4.78 is 9.98. The van der Waals surface area contributed by atoms with E-state index in [0.717, 1.165) is 5.56 Å². The first-order valence-corrected chi connectivity index (χ1v) is 3.86. The summed E-state index contributed by atoms with van der Waals surface area (Å²) in [5, 5.41) is 9.41. The van der Waals surface area contributed by atoms with Gasteiger partial charge in [-0.1, -0.05) is 0 Å². The summed E-state index contributed by atoms with van der Waals surface area (Å²) in [6, 6.07) is 3.15. The summed E-state index contributed by atoms with van der Waals surface area (Å²) >= 11 is 0. The first kappa shape index (κ1) is 9.67. The minimum Gasteiger partial charge on any atom is -0.504 e. The second kappa shape index (κ2) is 4.00. The van der Waals surface area contributed by atoms with Crippen LogP contribution in [0.1, 0.15) is 5.56 Å². The van der Waals surface area contributed by atoms with Crippen LogP contribution in [0.5, 0.6) is 17.2 Å². The van der Waals surface area contributed by atoms with Crippen molar-refractivity contribution in [3.05, 3.63) is 17.7 Å². The quantitative estimate of drug-likeness (QED) is 0.729. The number of phenols is 1. The van der Waals surface area contributed by atoms with Crippen LogP contribution >= 0.6 is 0 Å². The third-order valence-corrected chi connectivity index (χ3v) is 1.80. The number of benzene rings is 1. The Morgan fingerprint density at radius 2 is 1.85 bits per heavy atom. The van der Waals surface area contributed by atoms with Gasteiger partial charge in [-0.05, 0) is 6.07 Å². The van der Waals surface area contributed by atoms with Crippen LogP contribution < -0.4 is 15.2 Å². The van der Waals surface area contributed by atoms with Gasteiger partial charge in [0.2, 0.25) is 0 Å². The molecule has 0 heterocycles. The molecule has 0 aliphatic carbocycles. The summed E-state index contributed by atoms with van der Waals surface area (Å²) in [5.74, 6) is 1.08. The van der Waals surface area contributed by atoms with E-state index in [1.807, 2.05) is 0 Å². The van der Waals surface area contributed by atoms with Gasteiger partial charge in [-0.15, -0.1) is 0 Å². The number of hydrogen-bond acceptors (Lipinski definition) is 4. The molecule has 0 aliphatic heterocycles. The molecule has 1 aromatic rings. The van der Waals surface area contributed by atoms with Crippen molar-refractivity contribution in [3.63, 3.8) is 0 Å². The van der Waals surface area contributed by atoms with Crippen LogP contribution in [0, 0.1) is 0 Å². The highest BCUT2D eigenvalue weighted by Gasteiger charge is 2.08. The maximum Gasteiger partial charge on any atom is 0.164 e. The molecule has 0 unspecified atom stereocenters. The van der Waals surface area contributed by atoms with Crippen molar-refractivity contribution >= 4 is 0 Å². The van der Waals surface area contributed by atoms with E-state index in [4.69, 9.17) is 15.2 Å². The monoisotopic (exact) mass is 183 g/mol. The van der Waals surface area contributed by atoms with Crippen molar-refractivity contribution < 1.29 is 14.6 Å². The highest BCUT2D eigenvalue weighted by molar-refractivity contribution is 5.49. The molecule has 4 heteroatoms. The standard InChI is InChI=1S/C9H13NO3/c1-12-8-4-9(13-2)7(11)3-6(8)5-10/h3-4,11H,5,10H2,1-2H3. The maximum atomic E-state index is 9.41. The average molecular weight is 183 g/mol. The Hall–Kier alpha value is -1.42. The van der Waals surface area contributed by atoms with E-state index in [1.165, 1.54) is 13.2 Å². The Morgan fingerprint density at radius 3 is 2.31 bits per heavy atom.